The largest absolute Gasteiger partial charge is 0.300 e. The Morgan fingerprint density at radius 1 is 1.20 bits per heavy atom. The van der Waals surface area contributed by atoms with E-state index in [1.807, 2.05) is 0 Å². The Kier molecular flexibility index (Phi) is 4.47. The average Bonchev–Trinajstić information content (AvgIpc) is 3.10. The first-order valence-corrected chi connectivity index (χ1v) is 7.48. The van der Waals surface area contributed by atoms with Gasteiger partial charge in [-0.3, -0.25) is 4.90 Å². The number of halogens is 1. The van der Waals surface area contributed by atoms with Gasteiger partial charge in [-0.05, 0) is 18.8 Å². The maximum atomic E-state index is 3.61. The molecule has 1 atom stereocenters. The Balaban J connectivity index is 1.68. The molecule has 0 bridgehead atoms. The van der Waals surface area contributed by atoms with Gasteiger partial charge in [0.2, 0.25) is 0 Å². The second kappa shape index (κ2) is 5.65. The molecule has 15 heavy (non-hydrogen) atoms. The van der Waals surface area contributed by atoms with E-state index in [0.29, 0.717) is 0 Å². The first-order chi connectivity index (χ1) is 7.33. The molecule has 0 N–H and O–H groups in total. The quantitative estimate of drug-likeness (QED) is 0.710. The molecule has 1 aliphatic carbocycles. The lowest BCUT2D eigenvalue weighted by Crippen LogP contribution is -2.48. The van der Waals surface area contributed by atoms with Crippen LogP contribution in [0.1, 0.15) is 26.2 Å². The Bertz CT molecular complexity index is 182. The van der Waals surface area contributed by atoms with E-state index in [4.69, 9.17) is 0 Å². The third kappa shape index (κ3) is 3.43. The molecular weight excluding hydrogens is 252 g/mol. The highest BCUT2D eigenvalue weighted by atomic mass is 79.9. The molecule has 1 unspecified atom stereocenters. The molecule has 0 aromatic rings. The van der Waals surface area contributed by atoms with E-state index in [0.717, 1.165) is 17.3 Å². The Morgan fingerprint density at radius 2 is 1.87 bits per heavy atom. The summed E-state index contributed by atoms with van der Waals surface area (Å²) >= 11 is 3.61. The number of hydrogen-bond acceptors (Lipinski definition) is 2. The molecule has 2 nitrogen and oxygen atoms in total. The van der Waals surface area contributed by atoms with E-state index in [2.05, 4.69) is 32.7 Å². The normalized spacial score (nSPS) is 26.8. The van der Waals surface area contributed by atoms with E-state index in [1.54, 1.807) is 0 Å². The molecule has 0 aromatic heterocycles. The van der Waals surface area contributed by atoms with Gasteiger partial charge < -0.3 is 4.90 Å². The average molecular weight is 275 g/mol. The Labute approximate surface area is 102 Å². The number of hydrogen-bond donors (Lipinski definition) is 0. The Morgan fingerprint density at radius 3 is 2.33 bits per heavy atom. The summed E-state index contributed by atoms with van der Waals surface area (Å²) in [5.74, 6) is 0.845. The maximum absolute atomic E-state index is 3.61. The van der Waals surface area contributed by atoms with Crippen LogP contribution in [-0.2, 0) is 0 Å². The summed E-state index contributed by atoms with van der Waals surface area (Å²) < 4.78 is 0. The zero-order chi connectivity index (χ0) is 10.7. The van der Waals surface area contributed by atoms with Crippen LogP contribution in [0.15, 0.2) is 0 Å². The second-order valence-corrected chi connectivity index (χ2v) is 5.64. The molecule has 2 aliphatic rings. The topological polar surface area (TPSA) is 6.48 Å². The Hall–Kier alpha value is 0.400. The second-order valence-electron chi connectivity index (χ2n) is 5.00. The standard InChI is InChI=1S/C12H23BrN2/c1-2-11(9-13)10-14-5-7-15(8-6-14)12-3-4-12/h11-12H,2-10H2,1H3. The van der Waals surface area contributed by atoms with Gasteiger partial charge in [0.1, 0.15) is 0 Å². The molecule has 88 valence electrons. The van der Waals surface area contributed by atoms with Crippen LogP contribution in [0.5, 0.6) is 0 Å². The predicted molar refractivity (Wildman–Crippen MR) is 68.6 cm³/mol. The number of alkyl halides is 1. The zero-order valence-corrected chi connectivity index (χ0v) is 11.4. The molecular formula is C12H23BrN2. The fraction of sp³-hybridized carbons (Fsp3) is 1.00. The lowest BCUT2D eigenvalue weighted by atomic mass is 10.1. The molecule has 0 spiro atoms. The summed E-state index contributed by atoms with van der Waals surface area (Å²) in [6.45, 7) is 8.79. The highest BCUT2D eigenvalue weighted by Crippen LogP contribution is 2.27. The van der Waals surface area contributed by atoms with Crippen LogP contribution in [0, 0.1) is 5.92 Å². The monoisotopic (exact) mass is 274 g/mol. The van der Waals surface area contributed by atoms with E-state index < -0.39 is 0 Å². The van der Waals surface area contributed by atoms with Crippen molar-refractivity contribution in [3.05, 3.63) is 0 Å². The molecule has 1 saturated carbocycles. The first kappa shape index (κ1) is 11.9. The molecule has 1 heterocycles. The van der Waals surface area contributed by atoms with Crippen LogP contribution >= 0.6 is 15.9 Å². The fourth-order valence-electron chi connectivity index (χ4n) is 2.40. The van der Waals surface area contributed by atoms with Gasteiger partial charge in [-0.2, -0.15) is 0 Å². The maximum Gasteiger partial charge on any atom is 0.0113 e. The van der Waals surface area contributed by atoms with E-state index in [9.17, 15) is 0 Å². The van der Waals surface area contributed by atoms with Gasteiger partial charge in [0, 0.05) is 44.1 Å². The van der Waals surface area contributed by atoms with Crippen LogP contribution in [0.25, 0.3) is 0 Å². The smallest absolute Gasteiger partial charge is 0.0113 e. The van der Waals surface area contributed by atoms with Crippen molar-refractivity contribution in [2.24, 2.45) is 5.92 Å². The van der Waals surface area contributed by atoms with Gasteiger partial charge >= 0.3 is 0 Å². The van der Waals surface area contributed by atoms with Gasteiger partial charge in [0.05, 0.1) is 0 Å². The molecule has 1 aliphatic heterocycles. The molecule has 3 heteroatoms. The van der Waals surface area contributed by atoms with E-state index in [1.165, 1.54) is 52.0 Å². The van der Waals surface area contributed by atoms with Crippen molar-refractivity contribution in [3.8, 4) is 0 Å². The van der Waals surface area contributed by atoms with Crippen LogP contribution < -0.4 is 0 Å². The SMILES string of the molecule is CCC(CBr)CN1CCN(C2CC2)CC1. The number of nitrogens with zero attached hydrogens (tertiary/aromatic N) is 2. The summed E-state index contributed by atoms with van der Waals surface area (Å²) in [4.78, 5) is 5.33. The lowest BCUT2D eigenvalue weighted by Gasteiger charge is -2.36. The summed E-state index contributed by atoms with van der Waals surface area (Å²) in [6.07, 6.45) is 4.21. The third-order valence-corrected chi connectivity index (χ3v) is 4.70. The van der Waals surface area contributed by atoms with E-state index >= 15 is 0 Å². The summed E-state index contributed by atoms with van der Waals surface area (Å²) in [5.41, 5.74) is 0. The minimum atomic E-state index is 0.845. The lowest BCUT2D eigenvalue weighted by molar-refractivity contribution is 0.115. The molecule has 1 saturated heterocycles. The van der Waals surface area contributed by atoms with Crippen LogP contribution in [0.2, 0.25) is 0 Å². The summed E-state index contributed by atoms with van der Waals surface area (Å²) in [7, 11) is 0. The van der Waals surface area contributed by atoms with Crippen LogP contribution in [-0.4, -0.2) is 53.9 Å². The van der Waals surface area contributed by atoms with Gasteiger partial charge in [0.15, 0.2) is 0 Å². The van der Waals surface area contributed by atoms with Crippen molar-refractivity contribution in [1.82, 2.24) is 9.80 Å². The van der Waals surface area contributed by atoms with Crippen molar-refractivity contribution in [2.75, 3.05) is 38.1 Å². The summed E-state index contributed by atoms with van der Waals surface area (Å²) in [5, 5.41) is 1.16. The van der Waals surface area contributed by atoms with Gasteiger partial charge in [-0.25, -0.2) is 0 Å². The van der Waals surface area contributed by atoms with Crippen molar-refractivity contribution < 1.29 is 0 Å². The minimum absolute atomic E-state index is 0.845. The van der Waals surface area contributed by atoms with Crippen molar-refractivity contribution in [3.63, 3.8) is 0 Å². The fourth-order valence-corrected chi connectivity index (χ4v) is 3.07. The predicted octanol–water partition coefficient (Wildman–Crippen LogP) is 2.19. The van der Waals surface area contributed by atoms with Crippen LogP contribution in [0.4, 0.5) is 0 Å². The highest BCUT2D eigenvalue weighted by molar-refractivity contribution is 9.09. The van der Waals surface area contributed by atoms with E-state index in [-0.39, 0.29) is 0 Å². The molecule has 2 rings (SSSR count). The molecule has 2 fully saturated rings. The first-order valence-electron chi connectivity index (χ1n) is 6.35. The van der Waals surface area contributed by atoms with Crippen LogP contribution in [0.3, 0.4) is 0 Å². The summed E-state index contributed by atoms with van der Waals surface area (Å²) in [6, 6.07) is 0.963. The third-order valence-electron chi connectivity index (χ3n) is 3.78. The molecule has 0 radical (unpaired) electrons. The van der Waals surface area contributed by atoms with Crippen molar-refractivity contribution >= 4 is 15.9 Å². The van der Waals surface area contributed by atoms with Gasteiger partial charge in [0.25, 0.3) is 0 Å². The zero-order valence-electron chi connectivity index (χ0n) is 9.79. The van der Waals surface area contributed by atoms with Gasteiger partial charge in [-0.1, -0.05) is 29.3 Å². The van der Waals surface area contributed by atoms with Crippen molar-refractivity contribution in [1.29, 1.82) is 0 Å². The molecule has 0 amide bonds. The number of rotatable bonds is 5. The van der Waals surface area contributed by atoms with Gasteiger partial charge in [-0.15, -0.1) is 0 Å². The molecule has 0 aromatic carbocycles. The number of piperazine rings is 1. The minimum Gasteiger partial charge on any atom is -0.300 e. The van der Waals surface area contributed by atoms with Crippen molar-refractivity contribution in [2.45, 2.75) is 32.2 Å². The highest BCUT2D eigenvalue weighted by Gasteiger charge is 2.31.